The Labute approximate surface area is 113 Å². The van der Waals surface area contributed by atoms with Gasteiger partial charge in [-0.2, -0.15) is 5.26 Å². The van der Waals surface area contributed by atoms with E-state index in [1.54, 1.807) is 7.11 Å². The molecule has 3 heteroatoms. The summed E-state index contributed by atoms with van der Waals surface area (Å²) in [7, 11) is 1.62. The maximum atomic E-state index is 9.48. The normalized spacial score (nSPS) is 13.1. The highest BCUT2D eigenvalue weighted by Crippen LogP contribution is 2.27. The molecular formula is C16H16N2O. The first kappa shape index (κ1) is 13.0. The SMILES string of the molecule is COc1cccc(NC(C)(C#N)c2ccccc2)c1. The number of benzene rings is 2. The quantitative estimate of drug-likeness (QED) is 0.905. The number of anilines is 1. The van der Waals surface area contributed by atoms with E-state index in [0.29, 0.717) is 0 Å². The standard InChI is InChI=1S/C16H16N2O/c1-16(12-17,13-7-4-3-5-8-13)18-14-9-6-10-15(11-14)19-2/h3-11,18H,1-2H3. The van der Waals surface area contributed by atoms with Crippen LogP contribution in [0.25, 0.3) is 0 Å². The van der Waals surface area contributed by atoms with Gasteiger partial charge in [0.2, 0.25) is 0 Å². The Hall–Kier alpha value is -2.47. The molecule has 0 saturated heterocycles. The van der Waals surface area contributed by atoms with E-state index >= 15 is 0 Å². The monoisotopic (exact) mass is 252 g/mol. The Morgan fingerprint density at radius 2 is 1.84 bits per heavy atom. The molecule has 2 aromatic carbocycles. The highest BCUT2D eigenvalue weighted by atomic mass is 16.5. The fourth-order valence-corrected chi connectivity index (χ4v) is 1.93. The van der Waals surface area contributed by atoms with Crippen LogP contribution >= 0.6 is 0 Å². The number of rotatable bonds is 4. The first-order valence-corrected chi connectivity index (χ1v) is 6.07. The summed E-state index contributed by atoms with van der Waals surface area (Å²) in [6.45, 7) is 1.86. The van der Waals surface area contributed by atoms with Crippen LogP contribution < -0.4 is 10.1 Å². The van der Waals surface area contributed by atoms with E-state index in [0.717, 1.165) is 17.0 Å². The first-order valence-electron chi connectivity index (χ1n) is 6.07. The van der Waals surface area contributed by atoms with E-state index in [2.05, 4.69) is 11.4 Å². The predicted molar refractivity (Wildman–Crippen MR) is 76.0 cm³/mol. The summed E-state index contributed by atoms with van der Waals surface area (Å²) in [5.74, 6) is 0.762. The molecule has 0 amide bonds. The molecule has 96 valence electrons. The molecule has 0 fully saturated rings. The molecule has 3 nitrogen and oxygen atoms in total. The van der Waals surface area contributed by atoms with Gasteiger partial charge in [-0.3, -0.25) is 0 Å². The number of nitrogens with one attached hydrogen (secondary N) is 1. The van der Waals surface area contributed by atoms with Gasteiger partial charge < -0.3 is 10.1 Å². The summed E-state index contributed by atoms with van der Waals surface area (Å²) in [4.78, 5) is 0. The molecule has 1 N–H and O–H groups in total. The average Bonchev–Trinajstić information content (AvgIpc) is 2.48. The molecule has 0 saturated carbocycles. The van der Waals surface area contributed by atoms with E-state index < -0.39 is 5.54 Å². The Morgan fingerprint density at radius 3 is 2.47 bits per heavy atom. The van der Waals surface area contributed by atoms with Gasteiger partial charge in [-0.1, -0.05) is 36.4 Å². The summed E-state index contributed by atoms with van der Waals surface area (Å²) >= 11 is 0. The minimum Gasteiger partial charge on any atom is -0.497 e. The van der Waals surface area contributed by atoms with Crippen LogP contribution in [0.2, 0.25) is 0 Å². The van der Waals surface area contributed by atoms with Crippen LogP contribution in [0.3, 0.4) is 0 Å². The van der Waals surface area contributed by atoms with Crippen LogP contribution in [0.1, 0.15) is 12.5 Å². The van der Waals surface area contributed by atoms with Gasteiger partial charge in [0.25, 0.3) is 0 Å². The molecule has 0 aliphatic carbocycles. The fraction of sp³-hybridized carbons (Fsp3) is 0.188. The van der Waals surface area contributed by atoms with Crippen LogP contribution in [-0.4, -0.2) is 7.11 Å². The first-order chi connectivity index (χ1) is 9.18. The zero-order chi connectivity index (χ0) is 13.7. The zero-order valence-electron chi connectivity index (χ0n) is 11.1. The molecule has 0 bridgehead atoms. The third kappa shape index (κ3) is 2.86. The molecular weight excluding hydrogens is 236 g/mol. The van der Waals surface area contributed by atoms with Crippen molar-refractivity contribution in [3.63, 3.8) is 0 Å². The molecule has 0 radical (unpaired) electrons. The molecule has 0 spiro atoms. The molecule has 19 heavy (non-hydrogen) atoms. The van der Waals surface area contributed by atoms with Gasteiger partial charge in [-0.05, 0) is 24.6 Å². The largest absolute Gasteiger partial charge is 0.497 e. The fourth-order valence-electron chi connectivity index (χ4n) is 1.93. The second kappa shape index (κ2) is 5.45. The van der Waals surface area contributed by atoms with Gasteiger partial charge in [0.15, 0.2) is 0 Å². The summed E-state index contributed by atoms with van der Waals surface area (Å²) in [6.07, 6.45) is 0. The van der Waals surface area contributed by atoms with Crippen LogP contribution in [-0.2, 0) is 5.54 Å². The Bertz CT molecular complexity index is 589. The lowest BCUT2D eigenvalue weighted by Gasteiger charge is -2.25. The number of nitriles is 1. The number of methoxy groups -OCH3 is 1. The average molecular weight is 252 g/mol. The van der Waals surface area contributed by atoms with Gasteiger partial charge >= 0.3 is 0 Å². The molecule has 2 aromatic rings. The summed E-state index contributed by atoms with van der Waals surface area (Å²) in [6, 6.07) is 19.6. The maximum Gasteiger partial charge on any atom is 0.148 e. The van der Waals surface area contributed by atoms with Gasteiger partial charge in [-0.15, -0.1) is 0 Å². The highest BCUT2D eigenvalue weighted by molar-refractivity contribution is 5.53. The molecule has 0 aromatic heterocycles. The summed E-state index contributed by atoms with van der Waals surface area (Å²) < 4.78 is 5.19. The molecule has 1 unspecified atom stereocenters. The van der Waals surface area contributed by atoms with E-state index in [9.17, 15) is 5.26 Å². The van der Waals surface area contributed by atoms with E-state index in [1.165, 1.54) is 0 Å². The second-order valence-corrected chi connectivity index (χ2v) is 4.46. The lowest BCUT2D eigenvalue weighted by atomic mass is 9.93. The van der Waals surface area contributed by atoms with Crippen molar-refractivity contribution in [3.05, 3.63) is 60.2 Å². The van der Waals surface area contributed by atoms with Crippen molar-refractivity contribution >= 4 is 5.69 Å². The molecule has 2 rings (SSSR count). The van der Waals surface area contributed by atoms with Crippen molar-refractivity contribution in [3.8, 4) is 11.8 Å². The summed E-state index contributed by atoms with van der Waals surface area (Å²) in [5, 5.41) is 12.7. The smallest absolute Gasteiger partial charge is 0.148 e. The molecule has 1 atom stereocenters. The van der Waals surface area contributed by atoms with E-state index in [-0.39, 0.29) is 0 Å². The molecule has 0 aliphatic heterocycles. The van der Waals surface area contributed by atoms with Crippen molar-refractivity contribution in [1.82, 2.24) is 0 Å². The number of nitrogens with zero attached hydrogens (tertiary/aromatic N) is 1. The van der Waals surface area contributed by atoms with Crippen molar-refractivity contribution in [2.75, 3.05) is 12.4 Å². The minimum absolute atomic E-state index is 0.762. The van der Waals surface area contributed by atoms with Gasteiger partial charge in [0.05, 0.1) is 13.2 Å². The number of ether oxygens (including phenoxy) is 1. The molecule has 0 heterocycles. The van der Waals surface area contributed by atoms with Crippen LogP contribution in [0.4, 0.5) is 5.69 Å². The van der Waals surface area contributed by atoms with Crippen molar-refractivity contribution < 1.29 is 4.74 Å². The number of hydrogen-bond donors (Lipinski definition) is 1. The van der Waals surface area contributed by atoms with E-state index in [4.69, 9.17) is 4.74 Å². The van der Waals surface area contributed by atoms with Gasteiger partial charge in [0.1, 0.15) is 11.3 Å². The van der Waals surface area contributed by atoms with Crippen molar-refractivity contribution in [2.24, 2.45) is 0 Å². The maximum absolute atomic E-state index is 9.48. The minimum atomic E-state index is -0.770. The number of hydrogen-bond acceptors (Lipinski definition) is 3. The Morgan fingerprint density at radius 1 is 1.11 bits per heavy atom. The van der Waals surface area contributed by atoms with Crippen LogP contribution in [0, 0.1) is 11.3 Å². The topological polar surface area (TPSA) is 45.0 Å². The molecule has 0 aliphatic rings. The highest BCUT2D eigenvalue weighted by Gasteiger charge is 2.25. The van der Waals surface area contributed by atoms with Crippen molar-refractivity contribution in [2.45, 2.75) is 12.5 Å². The zero-order valence-corrected chi connectivity index (χ0v) is 11.1. The Kier molecular flexibility index (Phi) is 3.72. The predicted octanol–water partition coefficient (Wildman–Crippen LogP) is 3.55. The summed E-state index contributed by atoms with van der Waals surface area (Å²) in [5.41, 5.74) is 1.01. The Balaban J connectivity index is 2.31. The van der Waals surface area contributed by atoms with Crippen LogP contribution in [0.15, 0.2) is 54.6 Å². The van der Waals surface area contributed by atoms with Gasteiger partial charge in [-0.25, -0.2) is 0 Å². The van der Waals surface area contributed by atoms with Gasteiger partial charge in [0, 0.05) is 11.8 Å². The second-order valence-electron chi connectivity index (χ2n) is 4.46. The van der Waals surface area contributed by atoms with E-state index in [1.807, 2.05) is 61.5 Å². The third-order valence-electron chi connectivity index (χ3n) is 3.04. The lowest BCUT2D eigenvalue weighted by Crippen LogP contribution is -2.29. The van der Waals surface area contributed by atoms with Crippen LogP contribution in [0.5, 0.6) is 5.75 Å². The van der Waals surface area contributed by atoms with Crippen molar-refractivity contribution in [1.29, 1.82) is 5.26 Å². The lowest BCUT2D eigenvalue weighted by molar-refractivity contribution is 0.415. The third-order valence-corrected chi connectivity index (χ3v) is 3.04.